The van der Waals surface area contributed by atoms with Crippen molar-refractivity contribution in [2.45, 2.75) is 65.2 Å². The SMILES string of the molecule is CC12CC3(C)CC(CC(=O)[O-])(C1)CC(CC(=O)[O-])(C2)C3. The molecule has 4 nitrogen and oxygen atoms in total. The second kappa shape index (κ2) is 3.77. The van der Waals surface area contributed by atoms with Crippen LogP contribution in [0.1, 0.15) is 65.2 Å². The van der Waals surface area contributed by atoms with Crippen LogP contribution in [0.3, 0.4) is 0 Å². The molecule has 0 unspecified atom stereocenters. The standard InChI is InChI=1S/C16H24O4/c1-13-5-14(2)8-15(6-13,3-11(17)18)10-16(7-13,9-14)4-12(19)20/h3-10H2,1-2H3,(H,17,18)(H,19,20)/p-2. The Kier molecular flexibility index (Phi) is 2.62. The summed E-state index contributed by atoms with van der Waals surface area (Å²) in [7, 11) is 0. The Balaban J connectivity index is 2.00. The molecular formula is C16H22O4-2. The summed E-state index contributed by atoms with van der Waals surface area (Å²) in [5, 5.41) is 22.4. The fraction of sp³-hybridized carbons (Fsp3) is 0.875. The monoisotopic (exact) mass is 278 g/mol. The molecule has 0 aromatic rings. The highest BCUT2D eigenvalue weighted by molar-refractivity contribution is 5.67. The fourth-order valence-electron chi connectivity index (χ4n) is 7.18. The second-order valence-corrected chi connectivity index (χ2v) is 8.78. The molecule has 4 heteroatoms. The summed E-state index contributed by atoms with van der Waals surface area (Å²) in [5.41, 5.74) is -0.359. The fourth-order valence-corrected chi connectivity index (χ4v) is 7.18. The molecule has 0 aliphatic heterocycles. The molecule has 0 atom stereocenters. The number of carboxylic acids is 2. The van der Waals surface area contributed by atoms with Gasteiger partial charge in [0.15, 0.2) is 0 Å². The van der Waals surface area contributed by atoms with Gasteiger partial charge in [0.2, 0.25) is 0 Å². The van der Waals surface area contributed by atoms with Gasteiger partial charge in [0.05, 0.1) is 0 Å². The Bertz CT molecular complexity index is 425. The Morgan fingerprint density at radius 1 is 0.750 bits per heavy atom. The van der Waals surface area contributed by atoms with Gasteiger partial charge in [-0.2, -0.15) is 0 Å². The highest BCUT2D eigenvalue weighted by Gasteiger charge is 2.64. The molecule has 4 aliphatic carbocycles. The number of carbonyl (C=O) groups excluding carboxylic acids is 2. The molecule has 0 saturated heterocycles. The number of aliphatic carboxylic acids is 2. The number of rotatable bonds is 4. The molecule has 0 aromatic carbocycles. The lowest BCUT2D eigenvalue weighted by Gasteiger charge is -2.70. The van der Waals surface area contributed by atoms with Gasteiger partial charge in [0, 0.05) is 11.9 Å². The van der Waals surface area contributed by atoms with Crippen molar-refractivity contribution in [1.29, 1.82) is 0 Å². The predicted octanol–water partition coefficient (Wildman–Crippen LogP) is 0.633. The zero-order valence-corrected chi connectivity index (χ0v) is 12.3. The third-order valence-electron chi connectivity index (χ3n) is 5.85. The zero-order valence-electron chi connectivity index (χ0n) is 12.3. The van der Waals surface area contributed by atoms with Crippen LogP contribution in [-0.2, 0) is 9.59 Å². The highest BCUT2D eigenvalue weighted by Crippen LogP contribution is 2.75. The van der Waals surface area contributed by atoms with Crippen molar-refractivity contribution in [3.8, 4) is 0 Å². The Hall–Kier alpha value is -1.06. The van der Waals surface area contributed by atoms with Crippen molar-refractivity contribution in [3.63, 3.8) is 0 Å². The van der Waals surface area contributed by atoms with E-state index in [-0.39, 0.29) is 34.5 Å². The minimum Gasteiger partial charge on any atom is -0.550 e. The van der Waals surface area contributed by atoms with E-state index in [1.54, 1.807) is 0 Å². The first-order chi connectivity index (χ1) is 9.08. The first-order valence-corrected chi connectivity index (χ1v) is 7.47. The maximum Gasteiger partial charge on any atom is 0.0419 e. The van der Waals surface area contributed by atoms with Crippen LogP contribution in [0, 0.1) is 21.7 Å². The van der Waals surface area contributed by atoms with Crippen LogP contribution < -0.4 is 10.2 Å². The van der Waals surface area contributed by atoms with E-state index in [4.69, 9.17) is 0 Å². The van der Waals surface area contributed by atoms with E-state index in [2.05, 4.69) is 13.8 Å². The van der Waals surface area contributed by atoms with Crippen molar-refractivity contribution in [3.05, 3.63) is 0 Å². The minimum absolute atomic E-state index is 0.0764. The van der Waals surface area contributed by atoms with E-state index in [1.165, 1.54) is 0 Å². The Morgan fingerprint density at radius 3 is 1.40 bits per heavy atom. The summed E-state index contributed by atoms with van der Waals surface area (Å²) >= 11 is 0. The smallest absolute Gasteiger partial charge is 0.0419 e. The molecular weight excluding hydrogens is 256 g/mol. The summed E-state index contributed by atoms with van der Waals surface area (Å²) in [6.45, 7) is 4.41. The number of hydrogen-bond acceptors (Lipinski definition) is 4. The van der Waals surface area contributed by atoms with Gasteiger partial charge in [0.25, 0.3) is 0 Å². The van der Waals surface area contributed by atoms with Gasteiger partial charge in [-0.25, -0.2) is 0 Å². The first-order valence-electron chi connectivity index (χ1n) is 7.47. The van der Waals surface area contributed by atoms with Gasteiger partial charge in [0.1, 0.15) is 0 Å². The third kappa shape index (κ3) is 2.13. The summed E-state index contributed by atoms with van der Waals surface area (Å²) < 4.78 is 0. The lowest BCUT2D eigenvalue weighted by atomic mass is 9.35. The van der Waals surface area contributed by atoms with Crippen LogP contribution in [0.2, 0.25) is 0 Å². The van der Waals surface area contributed by atoms with Gasteiger partial charge in [-0.1, -0.05) is 13.8 Å². The van der Waals surface area contributed by atoms with Crippen LogP contribution in [0.15, 0.2) is 0 Å². The van der Waals surface area contributed by atoms with Gasteiger partial charge >= 0.3 is 0 Å². The molecule has 112 valence electrons. The maximum atomic E-state index is 11.2. The second-order valence-electron chi connectivity index (χ2n) is 8.78. The topological polar surface area (TPSA) is 80.3 Å². The lowest BCUT2D eigenvalue weighted by Crippen LogP contribution is -2.61. The van der Waals surface area contributed by atoms with Crippen LogP contribution in [-0.4, -0.2) is 11.9 Å². The molecule has 4 rings (SSSR count). The number of hydrogen-bond donors (Lipinski definition) is 0. The van der Waals surface area contributed by atoms with Crippen molar-refractivity contribution < 1.29 is 19.8 Å². The van der Waals surface area contributed by atoms with Gasteiger partial charge < -0.3 is 19.8 Å². The van der Waals surface area contributed by atoms with E-state index in [0.717, 1.165) is 32.1 Å². The first kappa shape index (κ1) is 13.9. The number of carbonyl (C=O) groups is 2. The molecule has 4 bridgehead atoms. The van der Waals surface area contributed by atoms with E-state index >= 15 is 0 Å². The maximum absolute atomic E-state index is 11.2. The summed E-state index contributed by atoms with van der Waals surface area (Å²) in [6.07, 6.45) is 5.56. The van der Waals surface area contributed by atoms with Crippen molar-refractivity contribution >= 4 is 11.9 Å². The molecule has 20 heavy (non-hydrogen) atoms. The summed E-state index contributed by atoms with van der Waals surface area (Å²) in [6, 6.07) is 0. The van der Waals surface area contributed by atoms with Gasteiger partial charge in [-0.05, 0) is 73.0 Å². The highest BCUT2D eigenvalue weighted by atomic mass is 16.4. The zero-order chi connectivity index (χ0) is 14.8. The van der Waals surface area contributed by atoms with E-state index < -0.39 is 11.9 Å². The van der Waals surface area contributed by atoms with Crippen LogP contribution in [0.4, 0.5) is 0 Å². The normalized spacial score (nSPS) is 49.3. The predicted molar refractivity (Wildman–Crippen MR) is 68.0 cm³/mol. The molecule has 0 amide bonds. The van der Waals surface area contributed by atoms with Crippen molar-refractivity contribution in [1.82, 2.24) is 0 Å². The van der Waals surface area contributed by atoms with Crippen molar-refractivity contribution in [2.75, 3.05) is 0 Å². The average Bonchev–Trinajstić information content (AvgIpc) is 2.03. The average molecular weight is 278 g/mol. The largest absolute Gasteiger partial charge is 0.550 e. The molecule has 0 aromatic heterocycles. The third-order valence-corrected chi connectivity index (χ3v) is 5.85. The summed E-state index contributed by atoms with van der Waals surface area (Å²) in [4.78, 5) is 22.4. The molecule has 0 N–H and O–H groups in total. The van der Waals surface area contributed by atoms with Crippen molar-refractivity contribution in [2.24, 2.45) is 21.7 Å². The quantitative estimate of drug-likeness (QED) is 0.755. The molecule has 4 fully saturated rings. The van der Waals surface area contributed by atoms with Crippen LogP contribution >= 0.6 is 0 Å². The molecule has 0 heterocycles. The molecule has 4 aliphatic rings. The Morgan fingerprint density at radius 2 is 1.10 bits per heavy atom. The molecule has 0 spiro atoms. The van der Waals surface area contributed by atoms with E-state index in [0.29, 0.717) is 6.42 Å². The molecule has 4 saturated carbocycles. The van der Waals surface area contributed by atoms with Gasteiger partial charge in [-0.15, -0.1) is 0 Å². The van der Waals surface area contributed by atoms with Crippen LogP contribution in [0.25, 0.3) is 0 Å². The van der Waals surface area contributed by atoms with Gasteiger partial charge in [-0.3, -0.25) is 0 Å². The minimum atomic E-state index is -0.997. The Labute approximate surface area is 119 Å². The number of carboxylic acid groups (broad SMARTS) is 2. The van der Waals surface area contributed by atoms with E-state index in [1.807, 2.05) is 0 Å². The summed E-state index contributed by atoms with van der Waals surface area (Å²) in [5.74, 6) is -1.99. The lowest BCUT2D eigenvalue weighted by molar-refractivity contribution is -0.316. The van der Waals surface area contributed by atoms with Crippen LogP contribution in [0.5, 0.6) is 0 Å². The molecule has 0 radical (unpaired) electrons. The van der Waals surface area contributed by atoms with E-state index in [9.17, 15) is 19.8 Å².